The molecule has 3 aromatic heterocycles. The van der Waals surface area contributed by atoms with E-state index >= 15 is 0 Å². The maximum atomic E-state index is 13.9. The average molecular weight is 410 g/mol. The standard InChI is InChI=1S/C17H18F4N8/c1-5-29-8-12(10(3)27-29)13-6-14(17(19,20)21)24-16(23-13)25-22-7-11-9(2)26-28(4)15(11)18/h6-8H,5H2,1-4H3,(H,23,24,25)/b22-7+. The smallest absolute Gasteiger partial charge is 0.272 e. The third kappa shape index (κ3) is 4.25. The maximum absolute atomic E-state index is 13.9. The summed E-state index contributed by atoms with van der Waals surface area (Å²) >= 11 is 0. The second-order valence-electron chi connectivity index (χ2n) is 6.23. The number of nitrogens with one attached hydrogen (secondary N) is 1. The maximum Gasteiger partial charge on any atom is 0.433 e. The van der Waals surface area contributed by atoms with Crippen molar-refractivity contribution in [2.75, 3.05) is 5.43 Å². The molecule has 0 unspecified atom stereocenters. The van der Waals surface area contributed by atoms with Crippen molar-refractivity contribution in [1.29, 1.82) is 0 Å². The van der Waals surface area contributed by atoms with Crippen molar-refractivity contribution in [2.45, 2.75) is 33.5 Å². The van der Waals surface area contributed by atoms with Crippen LogP contribution in [0.4, 0.5) is 23.5 Å². The van der Waals surface area contributed by atoms with Gasteiger partial charge in [-0.25, -0.2) is 20.1 Å². The molecule has 0 atom stereocenters. The zero-order valence-corrected chi connectivity index (χ0v) is 16.1. The molecule has 8 nitrogen and oxygen atoms in total. The van der Waals surface area contributed by atoms with E-state index in [-0.39, 0.29) is 17.2 Å². The second-order valence-corrected chi connectivity index (χ2v) is 6.23. The van der Waals surface area contributed by atoms with Crippen molar-refractivity contribution >= 4 is 12.2 Å². The molecule has 0 amide bonds. The molecule has 0 aromatic carbocycles. The quantitative estimate of drug-likeness (QED) is 0.396. The molecule has 12 heteroatoms. The largest absolute Gasteiger partial charge is 0.433 e. The molecule has 154 valence electrons. The molecule has 0 aliphatic heterocycles. The fourth-order valence-corrected chi connectivity index (χ4v) is 2.66. The molecule has 0 spiro atoms. The van der Waals surface area contributed by atoms with Crippen molar-refractivity contribution in [3.8, 4) is 11.3 Å². The van der Waals surface area contributed by atoms with E-state index in [9.17, 15) is 17.6 Å². The van der Waals surface area contributed by atoms with Crippen molar-refractivity contribution in [3.05, 3.63) is 40.9 Å². The number of aryl methyl sites for hydroxylation is 4. The number of hydrazone groups is 1. The van der Waals surface area contributed by atoms with Gasteiger partial charge in [0.2, 0.25) is 11.9 Å². The molecule has 1 N–H and O–H groups in total. The number of hydrogen-bond donors (Lipinski definition) is 1. The molecule has 0 bridgehead atoms. The normalized spacial score (nSPS) is 12.1. The summed E-state index contributed by atoms with van der Waals surface area (Å²) < 4.78 is 56.4. The Bertz CT molecular complexity index is 1060. The number of aromatic nitrogens is 6. The lowest BCUT2D eigenvalue weighted by atomic mass is 10.1. The molecule has 3 aromatic rings. The van der Waals surface area contributed by atoms with Crippen molar-refractivity contribution in [3.63, 3.8) is 0 Å². The van der Waals surface area contributed by atoms with Crippen LogP contribution in [-0.2, 0) is 19.8 Å². The lowest BCUT2D eigenvalue weighted by Crippen LogP contribution is -2.11. The Morgan fingerprint density at radius 3 is 2.45 bits per heavy atom. The van der Waals surface area contributed by atoms with Crippen LogP contribution in [0.1, 0.15) is 29.6 Å². The van der Waals surface area contributed by atoms with Crippen LogP contribution in [-0.4, -0.2) is 35.7 Å². The molecule has 29 heavy (non-hydrogen) atoms. The first-order valence-electron chi connectivity index (χ1n) is 8.59. The first-order valence-corrected chi connectivity index (χ1v) is 8.59. The van der Waals surface area contributed by atoms with E-state index < -0.39 is 17.8 Å². The minimum atomic E-state index is -4.68. The van der Waals surface area contributed by atoms with Crippen LogP contribution in [0.3, 0.4) is 0 Å². The summed E-state index contributed by atoms with van der Waals surface area (Å²) in [6.07, 6.45) is -1.96. The van der Waals surface area contributed by atoms with Crippen LogP contribution >= 0.6 is 0 Å². The van der Waals surface area contributed by atoms with E-state index in [0.29, 0.717) is 23.5 Å². The Morgan fingerprint density at radius 2 is 1.90 bits per heavy atom. The highest BCUT2D eigenvalue weighted by Crippen LogP contribution is 2.31. The first-order chi connectivity index (χ1) is 13.6. The number of hydrogen-bond acceptors (Lipinski definition) is 6. The van der Waals surface area contributed by atoms with E-state index in [0.717, 1.165) is 17.0 Å². The minimum Gasteiger partial charge on any atom is -0.272 e. The predicted octanol–water partition coefficient (Wildman–Crippen LogP) is 3.31. The summed E-state index contributed by atoms with van der Waals surface area (Å²) in [6, 6.07) is 0.851. The van der Waals surface area contributed by atoms with Crippen LogP contribution in [0.5, 0.6) is 0 Å². The third-order valence-corrected chi connectivity index (χ3v) is 4.12. The molecule has 0 aliphatic rings. The van der Waals surface area contributed by atoms with Crippen LogP contribution < -0.4 is 5.43 Å². The Morgan fingerprint density at radius 1 is 1.17 bits per heavy atom. The number of alkyl halides is 3. The van der Waals surface area contributed by atoms with Crippen LogP contribution in [0.2, 0.25) is 0 Å². The summed E-state index contributed by atoms with van der Waals surface area (Å²) in [7, 11) is 1.42. The van der Waals surface area contributed by atoms with E-state index in [1.807, 2.05) is 6.92 Å². The van der Waals surface area contributed by atoms with Gasteiger partial charge in [-0.05, 0) is 26.8 Å². The number of anilines is 1. The van der Waals surface area contributed by atoms with E-state index in [2.05, 4.69) is 30.7 Å². The Balaban J connectivity index is 1.97. The summed E-state index contributed by atoms with van der Waals surface area (Å²) in [5.41, 5.74) is 2.71. The van der Waals surface area contributed by atoms with Gasteiger partial charge in [-0.15, -0.1) is 0 Å². The first kappa shape index (κ1) is 20.4. The van der Waals surface area contributed by atoms with E-state index in [1.165, 1.54) is 7.05 Å². The Labute approximate surface area is 163 Å². The van der Waals surface area contributed by atoms with Gasteiger partial charge < -0.3 is 0 Å². The van der Waals surface area contributed by atoms with Gasteiger partial charge in [0.05, 0.1) is 28.9 Å². The lowest BCUT2D eigenvalue weighted by molar-refractivity contribution is -0.141. The second kappa shape index (κ2) is 7.60. The number of rotatable bonds is 5. The number of halogens is 4. The van der Waals surface area contributed by atoms with E-state index in [1.54, 1.807) is 24.7 Å². The van der Waals surface area contributed by atoms with Gasteiger partial charge >= 0.3 is 6.18 Å². The highest BCUT2D eigenvalue weighted by Gasteiger charge is 2.34. The molecule has 0 radical (unpaired) electrons. The monoisotopic (exact) mass is 410 g/mol. The van der Waals surface area contributed by atoms with Gasteiger partial charge in [-0.3, -0.25) is 4.68 Å². The molecule has 0 aliphatic carbocycles. The zero-order chi connectivity index (χ0) is 21.3. The van der Waals surface area contributed by atoms with Gasteiger partial charge in [0, 0.05) is 25.4 Å². The van der Waals surface area contributed by atoms with Gasteiger partial charge in [0.25, 0.3) is 0 Å². The molecule has 0 fully saturated rings. The van der Waals surface area contributed by atoms with Crippen LogP contribution in [0, 0.1) is 19.8 Å². The van der Waals surface area contributed by atoms with Crippen molar-refractivity contribution in [2.24, 2.45) is 12.1 Å². The zero-order valence-electron chi connectivity index (χ0n) is 16.1. The van der Waals surface area contributed by atoms with Gasteiger partial charge in [-0.1, -0.05) is 0 Å². The molecule has 0 saturated heterocycles. The average Bonchev–Trinajstić information content (AvgIpc) is 3.14. The van der Waals surface area contributed by atoms with Gasteiger partial charge in [-0.2, -0.15) is 32.9 Å². The van der Waals surface area contributed by atoms with Crippen LogP contribution in [0.15, 0.2) is 17.4 Å². The highest BCUT2D eigenvalue weighted by molar-refractivity contribution is 5.81. The topological polar surface area (TPSA) is 85.8 Å². The molecule has 0 saturated carbocycles. The van der Waals surface area contributed by atoms with Gasteiger partial charge in [0.15, 0.2) is 5.69 Å². The molecular formula is C17H18F4N8. The summed E-state index contributed by atoms with van der Waals surface area (Å²) in [6.45, 7) is 5.68. The summed E-state index contributed by atoms with van der Waals surface area (Å²) in [4.78, 5) is 7.57. The summed E-state index contributed by atoms with van der Waals surface area (Å²) in [5.74, 6) is -1.00. The van der Waals surface area contributed by atoms with E-state index in [4.69, 9.17) is 0 Å². The van der Waals surface area contributed by atoms with Gasteiger partial charge in [0.1, 0.15) is 0 Å². The Kier molecular flexibility index (Phi) is 5.36. The third-order valence-electron chi connectivity index (χ3n) is 4.12. The molecule has 3 heterocycles. The van der Waals surface area contributed by atoms with Crippen molar-refractivity contribution < 1.29 is 17.6 Å². The number of nitrogens with zero attached hydrogens (tertiary/aromatic N) is 7. The minimum absolute atomic E-state index is 0.0472. The fourth-order valence-electron chi connectivity index (χ4n) is 2.66. The predicted molar refractivity (Wildman–Crippen MR) is 97.8 cm³/mol. The van der Waals surface area contributed by atoms with Crippen LogP contribution in [0.25, 0.3) is 11.3 Å². The lowest BCUT2D eigenvalue weighted by Gasteiger charge is -2.09. The molecule has 3 rings (SSSR count). The SMILES string of the molecule is CCn1cc(-c2cc(C(F)(F)F)nc(N/N=C/c3c(C)nn(C)c3F)n2)c(C)n1. The molecular weight excluding hydrogens is 392 g/mol. The fraction of sp³-hybridized carbons (Fsp3) is 0.353. The Hall–Kier alpha value is -3.31. The summed E-state index contributed by atoms with van der Waals surface area (Å²) in [5, 5.41) is 11.9. The van der Waals surface area contributed by atoms with Crippen molar-refractivity contribution in [1.82, 2.24) is 29.5 Å². The highest BCUT2D eigenvalue weighted by atomic mass is 19.4.